The van der Waals surface area contributed by atoms with Crippen molar-refractivity contribution in [3.63, 3.8) is 0 Å². The largest absolute Gasteiger partial charge is 0.347 e. The van der Waals surface area contributed by atoms with E-state index in [1.54, 1.807) is 42.5 Å². The number of amides is 2. The van der Waals surface area contributed by atoms with Crippen LogP contribution in [0, 0.1) is 6.92 Å². The zero-order valence-corrected chi connectivity index (χ0v) is 20.0. The van der Waals surface area contributed by atoms with Crippen molar-refractivity contribution in [2.45, 2.75) is 33.2 Å². The molecule has 9 heteroatoms. The molecule has 7 nitrogen and oxygen atoms in total. The van der Waals surface area contributed by atoms with Crippen molar-refractivity contribution in [2.24, 2.45) is 0 Å². The molecular formula is C21H26BrN3O4S. The molecule has 0 heterocycles. The van der Waals surface area contributed by atoms with Crippen LogP contribution < -0.4 is 14.9 Å². The van der Waals surface area contributed by atoms with Crippen LogP contribution in [0.25, 0.3) is 0 Å². The Morgan fingerprint density at radius 2 is 1.73 bits per heavy atom. The van der Waals surface area contributed by atoms with Crippen molar-refractivity contribution in [1.82, 2.24) is 5.32 Å². The molecule has 162 valence electrons. The topological polar surface area (TPSA) is 95.6 Å². The van der Waals surface area contributed by atoms with Crippen LogP contribution in [0.15, 0.2) is 46.9 Å². The maximum Gasteiger partial charge on any atom is 0.253 e. The van der Waals surface area contributed by atoms with E-state index in [4.69, 9.17) is 0 Å². The predicted molar refractivity (Wildman–Crippen MR) is 123 cm³/mol. The molecule has 0 aliphatic heterocycles. The summed E-state index contributed by atoms with van der Waals surface area (Å²) in [6.45, 7) is 6.98. The summed E-state index contributed by atoms with van der Waals surface area (Å²) in [4.78, 5) is 25.3. The number of carbonyl (C=O) groups excluding carboxylic acids is 2. The quantitative estimate of drug-likeness (QED) is 0.638. The molecule has 0 aromatic heterocycles. The van der Waals surface area contributed by atoms with Gasteiger partial charge in [0.05, 0.1) is 23.2 Å². The highest BCUT2D eigenvalue weighted by Gasteiger charge is 2.23. The Kier molecular flexibility index (Phi) is 7.31. The second-order valence-electron chi connectivity index (χ2n) is 8.00. The summed E-state index contributed by atoms with van der Waals surface area (Å²) < 4.78 is 26.5. The normalized spacial score (nSPS) is 11.7. The van der Waals surface area contributed by atoms with Gasteiger partial charge in [-0.05, 0) is 63.6 Å². The number of rotatable bonds is 6. The average Bonchev–Trinajstić information content (AvgIpc) is 2.60. The van der Waals surface area contributed by atoms with Crippen molar-refractivity contribution in [3.8, 4) is 0 Å². The minimum atomic E-state index is -3.71. The lowest BCUT2D eigenvalue weighted by atomic mass is 10.1. The lowest BCUT2D eigenvalue weighted by Gasteiger charge is -2.23. The molecule has 0 radical (unpaired) electrons. The summed E-state index contributed by atoms with van der Waals surface area (Å²) in [6, 6.07) is 11.6. The number of nitrogens with one attached hydrogen (secondary N) is 2. The van der Waals surface area contributed by atoms with Gasteiger partial charge in [-0.15, -0.1) is 0 Å². The highest BCUT2D eigenvalue weighted by atomic mass is 79.9. The van der Waals surface area contributed by atoms with Crippen molar-refractivity contribution < 1.29 is 18.0 Å². The summed E-state index contributed by atoms with van der Waals surface area (Å²) in [7, 11) is -3.71. The number of carbonyl (C=O) groups is 2. The lowest BCUT2D eigenvalue weighted by Crippen LogP contribution is -2.41. The van der Waals surface area contributed by atoms with Gasteiger partial charge < -0.3 is 10.6 Å². The molecular weight excluding hydrogens is 470 g/mol. The van der Waals surface area contributed by atoms with Gasteiger partial charge >= 0.3 is 0 Å². The third-order valence-corrected chi connectivity index (χ3v) is 6.08. The number of halogens is 1. The van der Waals surface area contributed by atoms with Crippen LogP contribution in [-0.2, 0) is 14.8 Å². The first-order valence-corrected chi connectivity index (χ1v) is 11.9. The predicted octanol–water partition coefficient (Wildman–Crippen LogP) is 3.69. The van der Waals surface area contributed by atoms with E-state index in [0.29, 0.717) is 16.9 Å². The molecule has 0 unspecified atom stereocenters. The maximum absolute atomic E-state index is 12.7. The van der Waals surface area contributed by atoms with Gasteiger partial charge in [-0.25, -0.2) is 8.42 Å². The smallest absolute Gasteiger partial charge is 0.253 e. The molecule has 0 saturated heterocycles. The third-order valence-electron chi connectivity index (χ3n) is 4.05. The van der Waals surface area contributed by atoms with Crippen molar-refractivity contribution >= 4 is 49.1 Å². The molecule has 0 aliphatic carbocycles. The van der Waals surface area contributed by atoms with Gasteiger partial charge in [-0.2, -0.15) is 0 Å². The lowest BCUT2D eigenvalue weighted by molar-refractivity contribution is -0.114. The zero-order chi connectivity index (χ0) is 22.7. The number of aryl methyl sites for hydroxylation is 1. The second-order valence-corrected chi connectivity index (χ2v) is 10.8. The minimum Gasteiger partial charge on any atom is -0.347 e. The number of anilines is 2. The molecule has 0 atom stereocenters. The highest BCUT2D eigenvalue weighted by molar-refractivity contribution is 9.10. The van der Waals surface area contributed by atoms with Crippen LogP contribution in [-0.4, -0.2) is 38.6 Å². The highest BCUT2D eigenvalue weighted by Crippen LogP contribution is 2.25. The summed E-state index contributed by atoms with van der Waals surface area (Å²) >= 11 is 3.38. The molecule has 2 rings (SSSR count). The molecule has 0 spiro atoms. The first kappa shape index (κ1) is 23.9. The summed E-state index contributed by atoms with van der Waals surface area (Å²) in [6.07, 6.45) is 1.04. The Morgan fingerprint density at radius 3 is 2.30 bits per heavy atom. The Balaban J connectivity index is 2.27. The monoisotopic (exact) mass is 495 g/mol. The van der Waals surface area contributed by atoms with Gasteiger partial charge in [-0.3, -0.25) is 13.9 Å². The maximum atomic E-state index is 12.7. The molecule has 0 aliphatic rings. The van der Waals surface area contributed by atoms with E-state index in [-0.39, 0.29) is 5.91 Å². The van der Waals surface area contributed by atoms with Crippen LogP contribution in [0.3, 0.4) is 0 Å². The number of para-hydroxylation sites is 1. The van der Waals surface area contributed by atoms with E-state index in [1.807, 2.05) is 27.7 Å². The SMILES string of the molecule is Cc1cc(N(CC(=O)Nc2ccccc2C(=O)NC(C)(C)C)S(C)(=O)=O)ccc1Br. The first-order valence-electron chi connectivity index (χ1n) is 9.23. The first-order chi connectivity index (χ1) is 13.8. The van der Waals surface area contributed by atoms with Gasteiger partial charge in [0.2, 0.25) is 15.9 Å². The number of nitrogens with zero attached hydrogens (tertiary/aromatic N) is 1. The van der Waals surface area contributed by atoms with E-state index in [0.717, 1.165) is 20.6 Å². The Labute approximate surface area is 186 Å². The van der Waals surface area contributed by atoms with E-state index < -0.39 is 28.0 Å². The molecule has 30 heavy (non-hydrogen) atoms. The third kappa shape index (κ3) is 6.56. The fourth-order valence-electron chi connectivity index (χ4n) is 2.70. The van der Waals surface area contributed by atoms with Crippen LogP contribution >= 0.6 is 15.9 Å². The van der Waals surface area contributed by atoms with E-state index in [1.165, 1.54) is 0 Å². The number of hydrogen-bond donors (Lipinski definition) is 2. The summed E-state index contributed by atoms with van der Waals surface area (Å²) in [5.41, 5.74) is 1.38. The molecule has 0 fully saturated rings. The molecule has 0 bridgehead atoms. The van der Waals surface area contributed by atoms with Gasteiger partial charge in [0.15, 0.2) is 0 Å². The summed E-state index contributed by atoms with van der Waals surface area (Å²) in [5, 5.41) is 5.51. The Hall–Kier alpha value is -2.39. The Morgan fingerprint density at radius 1 is 1.10 bits per heavy atom. The number of hydrogen-bond acceptors (Lipinski definition) is 4. The van der Waals surface area contributed by atoms with E-state index in [2.05, 4.69) is 26.6 Å². The van der Waals surface area contributed by atoms with Gasteiger partial charge in [0.25, 0.3) is 5.91 Å². The number of sulfonamides is 1. The van der Waals surface area contributed by atoms with E-state index in [9.17, 15) is 18.0 Å². The van der Waals surface area contributed by atoms with Crippen LogP contribution in [0.5, 0.6) is 0 Å². The molecule has 2 amide bonds. The van der Waals surface area contributed by atoms with Crippen LogP contribution in [0.2, 0.25) is 0 Å². The number of benzene rings is 2. The van der Waals surface area contributed by atoms with Crippen LogP contribution in [0.4, 0.5) is 11.4 Å². The van der Waals surface area contributed by atoms with E-state index >= 15 is 0 Å². The van der Waals surface area contributed by atoms with Gasteiger partial charge in [0, 0.05) is 10.0 Å². The minimum absolute atomic E-state index is 0.297. The van der Waals surface area contributed by atoms with Crippen molar-refractivity contribution in [2.75, 3.05) is 22.4 Å². The Bertz CT molecular complexity index is 1060. The molecule has 2 aromatic carbocycles. The summed E-state index contributed by atoms with van der Waals surface area (Å²) in [5.74, 6) is -0.890. The molecule has 2 aromatic rings. The fourth-order valence-corrected chi connectivity index (χ4v) is 3.80. The van der Waals surface area contributed by atoms with Gasteiger partial charge in [-0.1, -0.05) is 28.1 Å². The molecule has 2 N–H and O–H groups in total. The zero-order valence-electron chi connectivity index (χ0n) is 17.6. The average molecular weight is 496 g/mol. The van der Waals surface area contributed by atoms with Gasteiger partial charge in [0.1, 0.15) is 6.54 Å². The standard InChI is InChI=1S/C21H26BrN3O4S/c1-14-12-15(10-11-17(14)22)25(30(5,28)29)13-19(26)23-18-9-7-6-8-16(18)20(27)24-21(2,3)4/h6-12H,13H2,1-5H3,(H,23,26)(H,24,27). The molecule has 0 saturated carbocycles. The van der Waals surface area contributed by atoms with Crippen molar-refractivity contribution in [1.29, 1.82) is 0 Å². The second kappa shape index (κ2) is 9.18. The van der Waals surface area contributed by atoms with Crippen LogP contribution in [0.1, 0.15) is 36.7 Å². The fraction of sp³-hybridized carbons (Fsp3) is 0.333. The van der Waals surface area contributed by atoms with Crippen molar-refractivity contribution in [3.05, 3.63) is 58.1 Å².